The van der Waals surface area contributed by atoms with Crippen LogP contribution in [-0.4, -0.2) is 47.3 Å². The highest BCUT2D eigenvalue weighted by atomic mass is 35.5. The van der Waals surface area contributed by atoms with E-state index in [4.69, 9.17) is 23.2 Å². The number of nitrogens with zero attached hydrogens (tertiary/aromatic N) is 4. The molecule has 3 aromatic heterocycles. The van der Waals surface area contributed by atoms with Crippen molar-refractivity contribution < 1.29 is 8.42 Å². The van der Waals surface area contributed by atoms with Crippen molar-refractivity contribution in [3.05, 3.63) is 51.7 Å². The summed E-state index contributed by atoms with van der Waals surface area (Å²) in [5, 5.41) is 0.760. The van der Waals surface area contributed by atoms with E-state index in [1.165, 1.54) is 25.9 Å². The van der Waals surface area contributed by atoms with Crippen molar-refractivity contribution in [2.45, 2.75) is 11.4 Å². The number of para-hydroxylation sites is 1. The largest absolute Gasteiger partial charge is 0.309 e. The van der Waals surface area contributed by atoms with Crippen LogP contribution in [0.2, 0.25) is 9.49 Å². The number of imidazole rings is 1. The number of fused-ring (bicyclic) bond motifs is 2. The van der Waals surface area contributed by atoms with E-state index in [2.05, 4.69) is 9.88 Å². The molecule has 0 amide bonds. The lowest BCUT2D eigenvalue weighted by atomic mass is 10.1. The Labute approximate surface area is 170 Å². The summed E-state index contributed by atoms with van der Waals surface area (Å²) in [6.45, 7) is 0.811. The predicted octanol–water partition coefficient (Wildman–Crippen LogP) is 4.00. The van der Waals surface area contributed by atoms with E-state index in [1.807, 2.05) is 32.3 Å². The topological polar surface area (TPSA) is 59.6 Å². The van der Waals surface area contributed by atoms with Gasteiger partial charge in [0, 0.05) is 24.3 Å². The van der Waals surface area contributed by atoms with E-state index in [0.29, 0.717) is 14.8 Å². The highest BCUT2D eigenvalue weighted by Crippen LogP contribution is 2.33. The molecule has 0 saturated carbocycles. The van der Waals surface area contributed by atoms with Crippen LogP contribution < -0.4 is 0 Å². The summed E-state index contributed by atoms with van der Waals surface area (Å²) in [5.41, 5.74) is 1.57. The third-order valence-electron chi connectivity index (χ3n) is 4.31. The Kier molecular flexibility index (Phi) is 4.72. The Balaban J connectivity index is 1.94. The van der Waals surface area contributed by atoms with Gasteiger partial charge in [0.1, 0.15) is 4.34 Å². The van der Waals surface area contributed by atoms with Gasteiger partial charge >= 0.3 is 0 Å². The predicted molar refractivity (Wildman–Crippen MR) is 110 cm³/mol. The molecule has 0 atom stereocenters. The lowest BCUT2D eigenvalue weighted by molar-refractivity contribution is 0.414. The van der Waals surface area contributed by atoms with Gasteiger partial charge in [-0.2, -0.15) is 8.42 Å². The first-order valence-electron chi connectivity index (χ1n) is 8.11. The molecule has 4 aromatic rings. The van der Waals surface area contributed by atoms with E-state index >= 15 is 0 Å². The van der Waals surface area contributed by atoms with Crippen molar-refractivity contribution in [2.24, 2.45) is 0 Å². The van der Waals surface area contributed by atoms with Gasteiger partial charge in [-0.1, -0.05) is 52.7 Å². The second-order valence-corrected chi connectivity index (χ2v) is 10.1. The maximum atomic E-state index is 13.5. The second kappa shape index (κ2) is 6.79. The van der Waals surface area contributed by atoms with Gasteiger partial charge in [-0.05, 0) is 32.1 Å². The summed E-state index contributed by atoms with van der Waals surface area (Å²) in [5.74, 6) is 0. The Hall–Kier alpha value is -1.58. The molecular formula is C17H16Cl2N4O2S2. The van der Waals surface area contributed by atoms with Crippen molar-refractivity contribution in [3.8, 4) is 0 Å². The van der Waals surface area contributed by atoms with Crippen LogP contribution in [0.25, 0.3) is 15.9 Å². The molecule has 0 aliphatic heterocycles. The molecule has 6 nitrogen and oxygen atoms in total. The maximum absolute atomic E-state index is 13.5. The highest BCUT2D eigenvalue weighted by molar-refractivity contribution is 7.90. The number of hydrogen-bond donors (Lipinski definition) is 0. The smallest absolute Gasteiger partial charge is 0.287 e. The summed E-state index contributed by atoms with van der Waals surface area (Å²) in [7, 11) is 0.00598. The van der Waals surface area contributed by atoms with Gasteiger partial charge in [0.25, 0.3) is 10.0 Å². The molecule has 0 N–H and O–H groups in total. The molecule has 0 saturated heterocycles. The molecule has 3 heterocycles. The third kappa shape index (κ3) is 3.15. The van der Waals surface area contributed by atoms with Crippen LogP contribution in [0.4, 0.5) is 0 Å². The summed E-state index contributed by atoms with van der Waals surface area (Å²) in [6.07, 6.45) is 3.93. The standard InChI is InChI=1S/C17H16Cl2N4O2S2/c1-21(2)8-7-11-9-23(13-6-4-3-5-12(11)13)27(24,25)16-15(19)20-17-22(16)10-14(18)26-17/h3-6,9-10H,7-8H2,1-2H3. The Bertz CT molecular complexity index is 1250. The molecule has 0 spiro atoms. The average molecular weight is 443 g/mol. The summed E-state index contributed by atoms with van der Waals surface area (Å²) < 4.78 is 30.1. The van der Waals surface area contributed by atoms with Crippen molar-refractivity contribution in [1.29, 1.82) is 0 Å². The van der Waals surface area contributed by atoms with Crippen molar-refractivity contribution in [2.75, 3.05) is 20.6 Å². The zero-order chi connectivity index (χ0) is 19.3. The van der Waals surface area contributed by atoms with E-state index in [-0.39, 0.29) is 10.2 Å². The summed E-state index contributed by atoms with van der Waals surface area (Å²) in [4.78, 5) is 6.63. The molecule has 10 heteroatoms. The monoisotopic (exact) mass is 442 g/mol. The molecule has 0 aliphatic carbocycles. The lowest BCUT2D eigenvalue weighted by Gasteiger charge is -2.08. The quantitative estimate of drug-likeness (QED) is 0.468. The highest BCUT2D eigenvalue weighted by Gasteiger charge is 2.29. The van der Waals surface area contributed by atoms with E-state index < -0.39 is 10.0 Å². The molecule has 0 bridgehead atoms. The van der Waals surface area contributed by atoms with Crippen molar-refractivity contribution in [3.63, 3.8) is 0 Å². The van der Waals surface area contributed by atoms with Crippen LogP contribution in [0.5, 0.6) is 0 Å². The van der Waals surface area contributed by atoms with Gasteiger partial charge in [-0.25, -0.2) is 8.96 Å². The van der Waals surface area contributed by atoms with Gasteiger partial charge in [0.05, 0.1) is 5.52 Å². The third-order valence-corrected chi connectivity index (χ3v) is 7.48. The number of thiazole rings is 1. The van der Waals surface area contributed by atoms with Crippen molar-refractivity contribution >= 4 is 60.4 Å². The molecule has 0 unspecified atom stereocenters. The fraction of sp³-hybridized carbons (Fsp3) is 0.235. The van der Waals surface area contributed by atoms with Gasteiger partial charge in [0.2, 0.25) is 5.03 Å². The molecule has 142 valence electrons. The van der Waals surface area contributed by atoms with Crippen LogP contribution in [0.3, 0.4) is 0 Å². The molecule has 4 rings (SSSR count). The van der Waals surface area contributed by atoms with Gasteiger partial charge < -0.3 is 4.90 Å². The number of aromatic nitrogens is 3. The summed E-state index contributed by atoms with van der Waals surface area (Å²) >= 11 is 13.4. The molecule has 1 aromatic carbocycles. The Morgan fingerprint density at radius 1 is 1.19 bits per heavy atom. The van der Waals surface area contributed by atoms with Crippen molar-refractivity contribution in [1.82, 2.24) is 18.3 Å². The lowest BCUT2D eigenvalue weighted by Crippen LogP contribution is -2.15. The number of hydrogen-bond acceptors (Lipinski definition) is 5. The minimum Gasteiger partial charge on any atom is -0.309 e. The van der Waals surface area contributed by atoms with Gasteiger partial charge in [0.15, 0.2) is 10.1 Å². The van der Waals surface area contributed by atoms with Crippen LogP contribution in [-0.2, 0) is 16.4 Å². The molecule has 0 aliphatic rings. The molecular weight excluding hydrogens is 427 g/mol. The molecule has 0 fully saturated rings. The Morgan fingerprint density at radius 2 is 1.93 bits per heavy atom. The number of rotatable bonds is 5. The Morgan fingerprint density at radius 3 is 2.67 bits per heavy atom. The first-order chi connectivity index (χ1) is 12.8. The molecule has 27 heavy (non-hydrogen) atoms. The maximum Gasteiger partial charge on any atom is 0.287 e. The van der Waals surface area contributed by atoms with Crippen LogP contribution in [0.1, 0.15) is 5.56 Å². The number of benzene rings is 1. The number of halogens is 2. The van der Waals surface area contributed by atoms with Gasteiger partial charge in [-0.3, -0.25) is 4.40 Å². The van der Waals surface area contributed by atoms with Gasteiger partial charge in [-0.15, -0.1) is 0 Å². The molecule has 0 radical (unpaired) electrons. The SMILES string of the molecule is CN(C)CCc1cn(S(=O)(=O)c2c(Cl)nc3sc(Cl)cn23)c2ccccc12. The first kappa shape index (κ1) is 18.8. The minimum atomic E-state index is -3.96. The summed E-state index contributed by atoms with van der Waals surface area (Å²) in [6, 6.07) is 7.44. The van der Waals surface area contributed by atoms with Crippen LogP contribution >= 0.6 is 34.5 Å². The zero-order valence-electron chi connectivity index (χ0n) is 14.6. The minimum absolute atomic E-state index is 0.0643. The normalized spacial score (nSPS) is 12.6. The van der Waals surface area contributed by atoms with E-state index in [0.717, 1.165) is 23.9 Å². The van der Waals surface area contributed by atoms with Crippen LogP contribution in [0, 0.1) is 0 Å². The first-order valence-corrected chi connectivity index (χ1v) is 11.1. The zero-order valence-corrected chi connectivity index (χ0v) is 17.7. The second-order valence-electron chi connectivity index (χ2n) is 6.42. The average Bonchev–Trinajstić information content (AvgIpc) is 3.22. The fourth-order valence-corrected chi connectivity index (χ4v) is 6.16. The van der Waals surface area contributed by atoms with E-state index in [9.17, 15) is 8.42 Å². The number of likely N-dealkylation sites (N-methyl/N-ethyl adjacent to an activating group) is 1. The fourth-order valence-electron chi connectivity index (χ4n) is 3.06. The van der Waals surface area contributed by atoms with Crippen LogP contribution in [0.15, 0.2) is 41.7 Å². The van der Waals surface area contributed by atoms with E-state index in [1.54, 1.807) is 12.3 Å².